The second-order valence-electron chi connectivity index (χ2n) is 4.79. The van der Waals surface area contributed by atoms with Crippen molar-refractivity contribution in [2.24, 2.45) is 4.99 Å². The first kappa shape index (κ1) is 17.0. The van der Waals surface area contributed by atoms with Gasteiger partial charge in [0.1, 0.15) is 10.8 Å². The first-order chi connectivity index (χ1) is 11.1. The van der Waals surface area contributed by atoms with Gasteiger partial charge in [-0.15, -0.1) is 11.3 Å². The molecule has 0 fully saturated rings. The minimum Gasteiger partial charge on any atom is -0.495 e. The van der Waals surface area contributed by atoms with E-state index in [1.807, 2.05) is 38.1 Å². The summed E-state index contributed by atoms with van der Waals surface area (Å²) in [5.41, 5.74) is 2.26. The number of thiophene rings is 1. The quantitative estimate of drug-likeness (QED) is 0.486. The van der Waals surface area contributed by atoms with Crippen LogP contribution in [0.3, 0.4) is 0 Å². The van der Waals surface area contributed by atoms with Gasteiger partial charge < -0.3 is 14.8 Å². The lowest BCUT2D eigenvalue weighted by Gasteiger charge is -2.06. The normalized spacial score (nSPS) is 10.8. The van der Waals surface area contributed by atoms with Gasteiger partial charge in [-0.25, -0.2) is 9.79 Å². The van der Waals surface area contributed by atoms with Crippen molar-refractivity contribution in [2.75, 3.05) is 19.0 Å². The summed E-state index contributed by atoms with van der Waals surface area (Å²) >= 11 is 1.47. The number of carbonyl (C=O) groups is 1. The molecule has 5 nitrogen and oxygen atoms in total. The predicted octanol–water partition coefficient (Wildman–Crippen LogP) is 4.32. The molecule has 0 amide bonds. The monoisotopic (exact) mass is 332 g/mol. The summed E-state index contributed by atoms with van der Waals surface area (Å²) in [6, 6.07) is 7.55. The minimum atomic E-state index is -0.334. The Labute approximate surface area is 140 Å². The smallest absolute Gasteiger partial charge is 0.341 e. The van der Waals surface area contributed by atoms with Gasteiger partial charge in [0.25, 0.3) is 0 Å². The van der Waals surface area contributed by atoms with E-state index in [4.69, 9.17) is 9.47 Å². The zero-order valence-electron chi connectivity index (χ0n) is 13.7. The Hall–Kier alpha value is -2.34. The molecular weight excluding hydrogens is 312 g/mol. The van der Waals surface area contributed by atoms with Gasteiger partial charge in [-0.1, -0.05) is 12.1 Å². The molecule has 0 spiro atoms. The minimum absolute atomic E-state index is 0.334. The maximum Gasteiger partial charge on any atom is 0.341 e. The maximum absolute atomic E-state index is 12.1. The van der Waals surface area contributed by atoms with Crippen molar-refractivity contribution >= 4 is 34.3 Å². The van der Waals surface area contributed by atoms with Crippen molar-refractivity contribution in [1.82, 2.24) is 0 Å². The summed E-state index contributed by atoms with van der Waals surface area (Å²) in [7, 11) is 1.61. The van der Waals surface area contributed by atoms with E-state index in [0.29, 0.717) is 17.2 Å². The number of aryl methyl sites for hydroxylation is 1. The SMILES string of the molecule is CCOC(=O)c1c(N=CNc2ccccc2OC)sc(C)c1C. The third-order valence-electron chi connectivity index (χ3n) is 3.36. The number of esters is 1. The number of benzene rings is 1. The van der Waals surface area contributed by atoms with Crippen LogP contribution in [0.4, 0.5) is 10.7 Å². The van der Waals surface area contributed by atoms with E-state index in [-0.39, 0.29) is 5.97 Å². The number of para-hydroxylation sites is 2. The molecule has 1 heterocycles. The topological polar surface area (TPSA) is 59.9 Å². The molecule has 0 radical (unpaired) electrons. The molecule has 0 aliphatic carbocycles. The summed E-state index contributed by atoms with van der Waals surface area (Å²) in [5.74, 6) is 0.391. The molecule has 122 valence electrons. The molecule has 0 atom stereocenters. The zero-order valence-corrected chi connectivity index (χ0v) is 14.5. The van der Waals surface area contributed by atoms with Crippen molar-refractivity contribution in [2.45, 2.75) is 20.8 Å². The molecule has 0 unspecified atom stereocenters. The molecule has 0 bridgehead atoms. The first-order valence-corrected chi connectivity index (χ1v) is 8.09. The molecule has 1 aromatic heterocycles. The van der Waals surface area contributed by atoms with Crippen molar-refractivity contribution in [1.29, 1.82) is 0 Å². The number of carbonyl (C=O) groups excluding carboxylic acids is 1. The lowest BCUT2D eigenvalue weighted by atomic mass is 10.1. The number of ether oxygens (including phenoxy) is 2. The molecule has 6 heteroatoms. The van der Waals surface area contributed by atoms with E-state index in [1.165, 1.54) is 11.3 Å². The number of methoxy groups -OCH3 is 1. The molecular formula is C17H20N2O3S. The Kier molecular flexibility index (Phi) is 5.76. The van der Waals surface area contributed by atoms with Crippen LogP contribution in [0, 0.1) is 13.8 Å². The van der Waals surface area contributed by atoms with Crippen LogP contribution in [-0.4, -0.2) is 26.0 Å². The fourth-order valence-corrected chi connectivity index (χ4v) is 3.06. The van der Waals surface area contributed by atoms with Crippen LogP contribution in [0.15, 0.2) is 29.3 Å². The number of anilines is 1. The van der Waals surface area contributed by atoms with Crippen LogP contribution < -0.4 is 10.1 Å². The Morgan fingerprint density at radius 3 is 2.78 bits per heavy atom. The summed E-state index contributed by atoms with van der Waals surface area (Å²) in [5, 5.41) is 3.72. The van der Waals surface area contributed by atoms with Crippen LogP contribution in [0.1, 0.15) is 27.7 Å². The Morgan fingerprint density at radius 1 is 1.35 bits per heavy atom. The molecule has 23 heavy (non-hydrogen) atoms. The average Bonchev–Trinajstić information content (AvgIpc) is 2.82. The summed E-state index contributed by atoms with van der Waals surface area (Å²) < 4.78 is 10.4. The number of nitrogens with zero attached hydrogens (tertiary/aromatic N) is 1. The molecule has 2 aromatic rings. The van der Waals surface area contributed by atoms with Gasteiger partial charge in [-0.05, 0) is 38.5 Å². The Balaban J connectivity index is 2.23. The zero-order chi connectivity index (χ0) is 16.8. The summed E-state index contributed by atoms with van der Waals surface area (Å²) in [6.07, 6.45) is 1.56. The third-order valence-corrected chi connectivity index (χ3v) is 4.47. The average molecular weight is 332 g/mol. The van der Waals surface area contributed by atoms with Gasteiger partial charge in [-0.2, -0.15) is 0 Å². The summed E-state index contributed by atoms with van der Waals surface area (Å²) in [4.78, 5) is 17.5. The van der Waals surface area contributed by atoms with Crippen molar-refractivity contribution in [3.63, 3.8) is 0 Å². The van der Waals surface area contributed by atoms with E-state index < -0.39 is 0 Å². The molecule has 2 rings (SSSR count). The lowest BCUT2D eigenvalue weighted by Crippen LogP contribution is -2.05. The lowest BCUT2D eigenvalue weighted by molar-refractivity contribution is 0.0527. The van der Waals surface area contributed by atoms with Gasteiger partial charge in [0, 0.05) is 4.88 Å². The number of hydrogen-bond donors (Lipinski definition) is 1. The molecule has 0 aliphatic heterocycles. The molecule has 1 N–H and O–H groups in total. The van der Waals surface area contributed by atoms with Crippen molar-refractivity contribution in [3.05, 3.63) is 40.3 Å². The highest BCUT2D eigenvalue weighted by atomic mass is 32.1. The third kappa shape index (κ3) is 3.90. The molecule has 0 aliphatic rings. The van der Waals surface area contributed by atoms with Gasteiger partial charge >= 0.3 is 5.97 Å². The van der Waals surface area contributed by atoms with Gasteiger partial charge in [0.2, 0.25) is 0 Å². The first-order valence-electron chi connectivity index (χ1n) is 7.27. The van der Waals surface area contributed by atoms with Crippen molar-refractivity contribution in [3.8, 4) is 5.75 Å². The van der Waals surface area contributed by atoms with E-state index >= 15 is 0 Å². The van der Waals surface area contributed by atoms with Crippen LogP contribution in [0.2, 0.25) is 0 Å². The second-order valence-corrected chi connectivity index (χ2v) is 5.99. The van der Waals surface area contributed by atoms with E-state index in [0.717, 1.165) is 21.9 Å². The van der Waals surface area contributed by atoms with Gasteiger partial charge in [0.15, 0.2) is 0 Å². The van der Waals surface area contributed by atoms with Gasteiger partial charge in [0.05, 0.1) is 31.3 Å². The van der Waals surface area contributed by atoms with E-state index in [1.54, 1.807) is 20.4 Å². The molecule has 0 saturated carbocycles. The Bertz CT molecular complexity index is 723. The van der Waals surface area contributed by atoms with Gasteiger partial charge in [-0.3, -0.25) is 0 Å². The standard InChI is InChI=1S/C17H20N2O3S/c1-5-22-17(20)15-11(2)12(3)23-16(15)19-10-18-13-8-6-7-9-14(13)21-4/h6-10H,5H2,1-4H3,(H,18,19). The van der Waals surface area contributed by atoms with E-state index in [2.05, 4.69) is 10.3 Å². The highest BCUT2D eigenvalue weighted by Crippen LogP contribution is 2.35. The number of nitrogens with one attached hydrogen (secondary N) is 1. The maximum atomic E-state index is 12.1. The highest BCUT2D eigenvalue weighted by molar-refractivity contribution is 7.16. The predicted molar refractivity (Wildman–Crippen MR) is 94.5 cm³/mol. The molecule has 0 saturated heterocycles. The fraction of sp³-hybridized carbons (Fsp3) is 0.294. The number of hydrogen-bond acceptors (Lipinski definition) is 5. The van der Waals surface area contributed by atoms with Crippen LogP contribution in [0.5, 0.6) is 5.75 Å². The second kappa shape index (κ2) is 7.78. The van der Waals surface area contributed by atoms with Crippen LogP contribution >= 0.6 is 11.3 Å². The fourth-order valence-electron chi connectivity index (χ4n) is 2.07. The summed E-state index contributed by atoms with van der Waals surface area (Å²) in [6.45, 7) is 6.01. The van der Waals surface area contributed by atoms with E-state index in [9.17, 15) is 4.79 Å². The highest BCUT2D eigenvalue weighted by Gasteiger charge is 2.20. The largest absolute Gasteiger partial charge is 0.495 e. The van der Waals surface area contributed by atoms with Crippen LogP contribution in [-0.2, 0) is 4.74 Å². The van der Waals surface area contributed by atoms with Crippen molar-refractivity contribution < 1.29 is 14.3 Å². The number of aliphatic imine (C=N–C) groups is 1. The van der Waals surface area contributed by atoms with Crippen LogP contribution in [0.25, 0.3) is 0 Å². The number of rotatable bonds is 6. The molecule has 1 aromatic carbocycles. The Morgan fingerprint density at radius 2 is 2.09 bits per heavy atom.